The largest absolute Gasteiger partial charge is 0.385 e. The highest BCUT2D eigenvalue weighted by Gasteiger charge is 2.11. The molecule has 0 aromatic heterocycles. The first-order valence-electron chi connectivity index (χ1n) is 6.36. The zero-order chi connectivity index (χ0) is 10.8. The molecule has 1 fully saturated rings. The van der Waals surface area contributed by atoms with Gasteiger partial charge < -0.3 is 15.4 Å². The van der Waals surface area contributed by atoms with E-state index in [9.17, 15) is 0 Å². The van der Waals surface area contributed by atoms with E-state index in [4.69, 9.17) is 4.74 Å². The Bertz CT molecular complexity index is 136. The molecule has 3 nitrogen and oxygen atoms in total. The standard InChI is InChI=1S/C12H26N2O/c1-15-11-5-8-13-9-10-14-12-6-3-2-4-7-12/h12-14H,2-11H2,1H3. The van der Waals surface area contributed by atoms with E-state index in [1.54, 1.807) is 7.11 Å². The van der Waals surface area contributed by atoms with Gasteiger partial charge in [-0.15, -0.1) is 0 Å². The first-order chi connectivity index (χ1) is 7.43. The first kappa shape index (κ1) is 12.9. The predicted octanol–water partition coefficient (Wildman–Crippen LogP) is 1.53. The second kappa shape index (κ2) is 9.13. The predicted molar refractivity (Wildman–Crippen MR) is 64.2 cm³/mol. The van der Waals surface area contributed by atoms with Crippen LogP contribution in [0.3, 0.4) is 0 Å². The molecule has 3 heteroatoms. The van der Waals surface area contributed by atoms with Gasteiger partial charge in [-0.25, -0.2) is 0 Å². The second-order valence-corrected chi connectivity index (χ2v) is 4.39. The fourth-order valence-electron chi connectivity index (χ4n) is 2.14. The van der Waals surface area contributed by atoms with Crippen LogP contribution in [-0.2, 0) is 4.74 Å². The summed E-state index contributed by atoms with van der Waals surface area (Å²) < 4.78 is 4.99. The highest BCUT2D eigenvalue weighted by atomic mass is 16.5. The maximum Gasteiger partial charge on any atom is 0.0474 e. The molecule has 2 N–H and O–H groups in total. The van der Waals surface area contributed by atoms with Crippen molar-refractivity contribution in [1.29, 1.82) is 0 Å². The van der Waals surface area contributed by atoms with Crippen molar-refractivity contribution >= 4 is 0 Å². The molecular weight excluding hydrogens is 188 g/mol. The van der Waals surface area contributed by atoms with Crippen molar-refractivity contribution in [1.82, 2.24) is 10.6 Å². The maximum absolute atomic E-state index is 4.99. The molecule has 0 aliphatic heterocycles. The van der Waals surface area contributed by atoms with Crippen LogP contribution in [0.1, 0.15) is 38.5 Å². The maximum atomic E-state index is 4.99. The molecule has 0 atom stereocenters. The molecule has 1 saturated carbocycles. The van der Waals surface area contributed by atoms with E-state index in [0.29, 0.717) is 0 Å². The number of rotatable bonds is 8. The quantitative estimate of drug-likeness (QED) is 0.601. The molecule has 1 aliphatic rings. The minimum absolute atomic E-state index is 0.791. The van der Waals surface area contributed by atoms with Crippen LogP contribution in [0.4, 0.5) is 0 Å². The Morgan fingerprint density at radius 2 is 1.87 bits per heavy atom. The molecule has 0 heterocycles. The van der Waals surface area contributed by atoms with Crippen LogP contribution in [0, 0.1) is 0 Å². The van der Waals surface area contributed by atoms with E-state index in [1.165, 1.54) is 32.1 Å². The van der Waals surface area contributed by atoms with Crippen molar-refractivity contribution in [3.05, 3.63) is 0 Å². The van der Waals surface area contributed by atoms with Crippen LogP contribution in [-0.4, -0.2) is 39.4 Å². The summed E-state index contributed by atoms with van der Waals surface area (Å²) in [7, 11) is 1.75. The van der Waals surface area contributed by atoms with Crippen LogP contribution in [0.5, 0.6) is 0 Å². The van der Waals surface area contributed by atoms with Gasteiger partial charge in [-0.3, -0.25) is 0 Å². The highest BCUT2D eigenvalue weighted by Crippen LogP contribution is 2.16. The zero-order valence-corrected chi connectivity index (χ0v) is 10.1. The Hall–Kier alpha value is -0.120. The van der Waals surface area contributed by atoms with Crippen LogP contribution in [0.25, 0.3) is 0 Å². The minimum Gasteiger partial charge on any atom is -0.385 e. The van der Waals surface area contributed by atoms with Gasteiger partial charge in [0.15, 0.2) is 0 Å². The summed E-state index contributed by atoms with van der Waals surface area (Å²) in [6.07, 6.45) is 8.14. The van der Waals surface area contributed by atoms with Gasteiger partial charge in [0.2, 0.25) is 0 Å². The van der Waals surface area contributed by atoms with Crippen molar-refractivity contribution in [2.24, 2.45) is 0 Å². The van der Waals surface area contributed by atoms with E-state index in [0.717, 1.165) is 38.7 Å². The van der Waals surface area contributed by atoms with E-state index >= 15 is 0 Å². The third-order valence-electron chi connectivity index (χ3n) is 3.04. The fourth-order valence-corrected chi connectivity index (χ4v) is 2.14. The van der Waals surface area contributed by atoms with Crippen molar-refractivity contribution in [3.8, 4) is 0 Å². The average molecular weight is 214 g/mol. The Morgan fingerprint density at radius 3 is 2.60 bits per heavy atom. The molecule has 1 aliphatic carbocycles. The topological polar surface area (TPSA) is 33.3 Å². The monoisotopic (exact) mass is 214 g/mol. The lowest BCUT2D eigenvalue weighted by molar-refractivity contribution is 0.194. The van der Waals surface area contributed by atoms with Crippen LogP contribution in [0.2, 0.25) is 0 Å². The van der Waals surface area contributed by atoms with Gasteiger partial charge in [-0.2, -0.15) is 0 Å². The Labute approximate surface area is 94.0 Å². The van der Waals surface area contributed by atoms with Crippen molar-refractivity contribution in [2.75, 3.05) is 33.4 Å². The number of hydrogen-bond donors (Lipinski definition) is 2. The smallest absolute Gasteiger partial charge is 0.0474 e. The minimum atomic E-state index is 0.791. The van der Waals surface area contributed by atoms with E-state index < -0.39 is 0 Å². The lowest BCUT2D eigenvalue weighted by atomic mass is 9.95. The molecule has 90 valence electrons. The summed E-state index contributed by atoms with van der Waals surface area (Å²) in [4.78, 5) is 0. The summed E-state index contributed by atoms with van der Waals surface area (Å²) in [6.45, 7) is 4.13. The summed E-state index contributed by atoms with van der Waals surface area (Å²) in [5.41, 5.74) is 0. The van der Waals surface area contributed by atoms with Gasteiger partial charge >= 0.3 is 0 Å². The van der Waals surface area contributed by atoms with Gasteiger partial charge in [0.05, 0.1) is 0 Å². The summed E-state index contributed by atoms with van der Waals surface area (Å²) in [5, 5.41) is 7.04. The van der Waals surface area contributed by atoms with Crippen molar-refractivity contribution < 1.29 is 4.74 Å². The lowest BCUT2D eigenvalue weighted by Gasteiger charge is -2.22. The van der Waals surface area contributed by atoms with Gasteiger partial charge in [-0.05, 0) is 25.8 Å². The molecule has 0 amide bonds. The van der Waals surface area contributed by atoms with E-state index in [2.05, 4.69) is 10.6 Å². The Kier molecular flexibility index (Phi) is 7.88. The molecular formula is C12H26N2O. The number of nitrogens with one attached hydrogen (secondary N) is 2. The normalized spacial score (nSPS) is 18.2. The molecule has 0 saturated heterocycles. The van der Waals surface area contributed by atoms with Crippen LogP contribution >= 0.6 is 0 Å². The average Bonchev–Trinajstić information content (AvgIpc) is 2.29. The summed E-state index contributed by atoms with van der Waals surface area (Å²) in [5.74, 6) is 0. The molecule has 15 heavy (non-hydrogen) atoms. The summed E-state index contributed by atoms with van der Waals surface area (Å²) >= 11 is 0. The van der Waals surface area contributed by atoms with Crippen molar-refractivity contribution in [3.63, 3.8) is 0 Å². The highest BCUT2D eigenvalue weighted by molar-refractivity contribution is 4.71. The lowest BCUT2D eigenvalue weighted by Crippen LogP contribution is -2.36. The summed E-state index contributed by atoms with van der Waals surface area (Å²) in [6, 6.07) is 0.791. The Balaban J connectivity index is 1.79. The van der Waals surface area contributed by atoms with Gasteiger partial charge in [0.1, 0.15) is 0 Å². The third-order valence-corrected chi connectivity index (χ3v) is 3.04. The molecule has 0 bridgehead atoms. The van der Waals surface area contributed by atoms with E-state index in [-0.39, 0.29) is 0 Å². The first-order valence-corrected chi connectivity index (χ1v) is 6.36. The zero-order valence-electron chi connectivity index (χ0n) is 10.1. The van der Waals surface area contributed by atoms with Gasteiger partial charge in [-0.1, -0.05) is 19.3 Å². The van der Waals surface area contributed by atoms with Gasteiger partial charge in [0.25, 0.3) is 0 Å². The number of methoxy groups -OCH3 is 1. The Morgan fingerprint density at radius 1 is 1.07 bits per heavy atom. The van der Waals surface area contributed by atoms with Crippen LogP contribution < -0.4 is 10.6 Å². The molecule has 0 aromatic rings. The third kappa shape index (κ3) is 6.88. The molecule has 0 spiro atoms. The van der Waals surface area contributed by atoms with E-state index in [1.807, 2.05) is 0 Å². The molecule has 0 radical (unpaired) electrons. The molecule has 1 rings (SSSR count). The fraction of sp³-hybridized carbons (Fsp3) is 1.00. The number of hydrogen-bond acceptors (Lipinski definition) is 3. The van der Waals surface area contributed by atoms with Gasteiger partial charge in [0, 0.05) is 32.8 Å². The molecule has 0 unspecified atom stereocenters. The number of ether oxygens (including phenoxy) is 1. The molecule has 0 aromatic carbocycles. The SMILES string of the molecule is COCCCNCCNC1CCCCC1. The second-order valence-electron chi connectivity index (χ2n) is 4.39. The van der Waals surface area contributed by atoms with Crippen molar-refractivity contribution in [2.45, 2.75) is 44.6 Å². The van der Waals surface area contributed by atoms with Crippen LogP contribution in [0.15, 0.2) is 0 Å².